The molecule has 1 aromatic heterocycles. The first-order valence-electron chi connectivity index (χ1n) is 11.1. The highest BCUT2D eigenvalue weighted by Crippen LogP contribution is 2.27. The zero-order chi connectivity index (χ0) is 22.8. The normalized spacial score (nSPS) is 13.9. The second kappa shape index (κ2) is 9.12. The summed E-state index contributed by atoms with van der Waals surface area (Å²) >= 11 is 6.38. The summed E-state index contributed by atoms with van der Waals surface area (Å²) in [6, 6.07) is 27.8. The van der Waals surface area contributed by atoms with E-state index in [1.54, 1.807) is 4.68 Å². The molecule has 6 heteroatoms. The number of amides is 1. The lowest BCUT2D eigenvalue weighted by Crippen LogP contribution is -2.49. The first kappa shape index (κ1) is 21.3. The van der Waals surface area contributed by atoms with Crippen LogP contribution in [-0.2, 0) is 0 Å². The fraction of sp³-hybridized carbons (Fsp3) is 0.185. The third kappa shape index (κ3) is 4.37. The van der Waals surface area contributed by atoms with Gasteiger partial charge >= 0.3 is 0 Å². The van der Waals surface area contributed by atoms with Gasteiger partial charge in [-0.1, -0.05) is 66.2 Å². The van der Waals surface area contributed by atoms with Crippen molar-refractivity contribution in [1.29, 1.82) is 0 Å². The lowest BCUT2D eigenvalue weighted by molar-refractivity contribution is 0.0737. The van der Waals surface area contributed by atoms with E-state index in [-0.39, 0.29) is 5.91 Å². The number of rotatable bonds is 4. The SMILES string of the molecule is Cc1cccc(-n2nc(-c3ccccc3)cc2C(=O)N2CCN(c3ccccc3Cl)CC2)c1. The van der Waals surface area contributed by atoms with E-state index in [0.717, 1.165) is 46.3 Å². The van der Waals surface area contributed by atoms with Crippen LogP contribution in [0.15, 0.2) is 84.9 Å². The highest BCUT2D eigenvalue weighted by molar-refractivity contribution is 6.33. The molecule has 33 heavy (non-hydrogen) atoms. The van der Waals surface area contributed by atoms with Crippen LogP contribution in [0, 0.1) is 6.92 Å². The van der Waals surface area contributed by atoms with E-state index in [0.29, 0.717) is 18.8 Å². The van der Waals surface area contributed by atoms with Crippen molar-refractivity contribution in [3.8, 4) is 16.9 Å². The molecule has 0 N–H and O–H groups in total. The minimum Gasteiger partial charge on any atom is -0.367 e. The smallest absolute Gasteiger partial charge is 0.272 e. The zero-order valence-corrected chi connectivity index (χ0v) is 19.2. The molecule has 0 aliphatic carbocycles. The molecule has 1 aliphatic heterocycles. The number of carbonyl (C=O) groups excluding carboxylic acids is 1. The first-order chi connectivity index (χ1) is 16.1. The molecule has 3 aromatic carbocycles. The van der Waals surface area contributed by atoms with Crippen LogP contribution in [0.4, 0.5) is 5.69 Å². The molecular weight excluding hydrogens is 432 g/mol. The van der Waals surface area contributed by atoms with Gasteiger partial charge in [-0.25, -0.2) is 4.68 Å². The standard InChI is InChI=1S/C27H25ClN4O/c1-20-8-7-11-22(18-20)32-26(19-24(29-32)21-9-3-2-4-10-21)27(33)31-16-14-30(15-17-31)25-13-6-5-12-23(25)28/h2-13,18-19H,14-17H2,1H3. The average Bonchev–Trinajstić information content (AvgIpc) is 3.30. The number of nitrogens with zero attached hydrogens (tertiary/aromatic N) is 4. The number of anilines is 1. The molecule has 0 unspecified atom stereocenters. The molecule has 0 radical (unpaired) electrons. The van der Waals surface area contributed by atoms with Gasteiger partial charge in [-0.2, -0.15) is 5.10 Å². The first-order valence-corrected chi connectivity index (χ1v) is 11.5. The number of para-hydroxylation sites is 1. The minimum absolute atomic E-state index is 0.00926. The second-order valence-electron chi connectivity index (χ2n) is 8.26. The van der Waals surface area contributed by atoms with Gasteiger partial charge in [0.1, 0.15) is 5.69 Å². The molecule has 2 heterocycles. The van der Waals surface area contributed by atoms with Crippen molar-refractivity contribution in [2.45, 2.75) is 6.92 Å². The monoisotopic (exact) mass is 456 g/mol. The van der Waals surface area contributed by atoms with E-state index in [2.05, 4.69) is 4.90 Å². The summed E-state index contributed by atoms with van der Waals surface area (Å²) in [5.74, 6) is -0.00926. The number of hydrogen-bond acceptors (Lipinski definition) is 3. The van der Waals surface area contributed by atoms with Gasteiger partial charge in [-0.3, -0.25) is 4.79 Å². The second-order valence-corrected chi connectivity index (χ2v) is 8.67. The summed E-state index contributed by atoms with van der Waals surface area (Å²) < 4.78 is 1.78. The summed E-state index contributed by atoms with van der Waals surface area (Å²) in [6.45, 7) is 4.77. The molecule has 0 bridgehead atoms. The van der Waals surface area contributed by atoms with Gasteiger partial charge in [0.15, 0.2) is 0 Å². The molecule has 166 valence electrons. The Morgan fingerprint density at radius 2 is 1.58 bits per heavy atom. The number of halogens is 1. The fourth-order valence-corrected chi connectivity index (χ4v) is 4.52. The Morgan fingerprint density at radius 1 is 0.848 bits per heavy atom. The van der Waals surface area contributed by atoms with Crippen LogP contribution in [0.5, 0.6) is 0 Å². The fourth-order valence-electron chi connectivity index (χ4n) is 4.26. The Labute approximate surface area is 198 Å². The number of piperazine rings is 1. The van der Waals surface area contributed by atoms with E-state index in [9.17, 15) is 4.79 Å². The number of aryl methyl sites for hydroxylation is 1. The van der Waals surface area contributed by atoms with Crippen LogP contribution >= 0.6 is 11.6 Å². The summed E-state index contributed by atoms with van der Waals surface area (Å²) in [4.78, 5) is 17.8. The maximum Gasteiger partial charge on any atom is 0.272 e. The summed E-state index contributed by atoms with van der Waals surface area (Å²) in [5.41, 5.74) is 5.37. The van der Waals surface area contributed by atoms with Crippen molar-refractivity contribution in [3.63, 3.8) is 0 Å². The van der Waals surface area contributed by atoms with Crippen LogP contribution in [0.3, 0.4) is 0 Å². The minimum atomic E-state index is -0.00926. The number of benzene rings is 3. The number of hydrogen-bond donors (Lipinski definition) is 0. The Kier molecular flexibility index (Phi) is 5.88. The van der Waals surface area contributed by atoms with Crippen LogP contribution in [0.1, 0.15) is 16.1 Å². The Morgan fingerprint density at radius 3 is 2.30 bits per heavy atom. The third-order valence-corrected chi connectivity index (χ3v) is 6.32. The molecular formula is C27H25ClN4O. The van der Waals surface area contributed by atoms with Gasteiger partial charge in [0.05, 0.1) is 22.1 Å². The van der Waals surface area contributed by atoms with E-state index in [1.807, 2.05) is 96.8 Å². The lowest BCUT2D eigenvalue weighted by atomic mass is 10.1. The van der Waals surface area contributed by atoms with Crippen LogP contribution in [0.2, 0.25) is 5.02 Å². The maximum absolute atomic E-state index is 13.7. The van der Waals surface area contributed by atoms with Gasteiger partial charge in [0.2, 0.25) is 0 Å². The van der Waals surface area contributed by atoms with Crippen molar-refractivity contribution in [3.05, 3.63) is 101 Å². The summed E-state index contributed by atoms with van der Waals surface area (Å²) in [7, 11) is 0. The van der Waals surface area contributed by atoms with Crippen molar-refractivity contribution in [2.75, 3.05) is 31.1 Å². The van der Waals surface area contributed by atoms with E-state index >= 15 is 0 Å². The van der Waals surface area contributed by atoms with Gasteiger partial charge < -0.3 is 9.80 Å². The predicted molar refractivity (Wildman–Crippen MR) is 133 cm³/mol. The highest BCUT2D eigenvalue weighted by atomic mass is 35.5. The van der Waals surface area contributed by atoms with E-state index in [4.69, 9.17) is 16.7 Å². The molecule has 4 aromatic rings. The zero-order valence-electron chi connectivity index (χ0n) is 18.5. The molecule has 1 amide bonds. The van der Waals surface area contributed by atoms with Crippen molar-refractivity contribution < 1.29 is 4.79 Å². The average molecular weight is 457 g/mol. The van der Waals surface area contributed by atoms with Crippen LogP contribution < -0.4 is 4.90 Å². The Balaban J connectivity index is 1.44. The Bertz CT molecular complexity index is 1280. The summed E-state index contributed by atoms with van der Waals surface area (Å²) in [5, 5.41) is 5.56. The van der Waals surface area contributed by atoms with Gasteiger partial charge in [0.25, 0.3) is 5.91 Å². The molecule has 1 fully saturated rings. The van der Waals surface area contributed by atoms with Gasteiger partial charge in [0, 0.05) is 31.7 Å². The van der Waals surface area contributed by atoms with Crippen LogP contribution in [0.25, 0.3) is 16.9 Å². The van der Waals surface area contributed by atoms with Crippen molar-refractivity contribution in [2.24, 2.45) is 0 Å². The summed E-state index contributed by atoms with van der Waals surface area (Å²) in [6.07, 6.45) is 0. The molecule has 0 saturated carbocycles. The molecule has 0 atom stereocenters. The third-order valence-electron chi connectivity index (χ3n) is 6.00. The lowest BCUT2D eigenvalue weighted by Gasteiger charge is -2.36. The molecule has 5 rings (SSSR count). The predicted octanol–water partition coefficient (Wildman–Crippen LogP) is 5.46. The molecule has 0 spiro atoms. The van der Waals surface area contributed by atoms with Gasteiger partial charge in [-0.05, 0) is 42.8 Å². The Hall–Kier alpha value is -3.57. The van der Waals surface area contributed by atoms with E-state index in [1.165, 1.54) is 0 Å². The quantitative estimate of drug-likeness (QED) is 0.409. The van der Waals surface area contributed by atoms with Crippen molar-refractivity contribution in [1.82, 2.24) is 14.7 Å². The maximum atomic E-state index is 13.7. The van der Waals surface area contributed by atoms with Crippen molar-refractivity contribution >= 4 is 23.2 Å². The molecule has 1 saturated heterocycles. The van der Waals surface area contributed by atoms with Gasteiger partial charge in [-0.15, -0.1) is 0 Å². The molecule has 1 aliphatic rings. The number of carbonyl (C=O) groups is 1. The largest absolute Gasteiger partial charge is 0.367 e. The number of aromatic nitrogens is 2. The van der Waals surface area contributed by atoms with E-state index < -0.39 is 0 Å². The highest BCUT2D eigenvalue weighted by Gasteiger charge is 2.27. The van der Waals surface area contributed by atoms with Crippen LogP contribution in [-0.4, -0.2) is 46.8 Å². The topological polar surface area (TPSA) is 41.4 Å². The molecule has 5 nitrogen and oxygen atoms in total.